The maximum Gasteiger partial charge on any atom is 0.266 e. The number of aromatic nitrogens is 1. The van der Waals surface area contributed by atoms with Crippen LogP contribution in [0.1, 0.15) is 64.3 Å². The van der Waals surface area contributed by atoms with Gasteiger partial charge in [-0.2, -0.15) is 13.0 Å². The molecule has 2 aromatic carbocycles. The highest BCUT2D eigenvalue weighted by Crippen LogP contribution is 2.46. The first-order valence-electron chi connectivity index (χ1n) is 17.7. The lowest BCUT2D eigenvalue weighted by molar-refractivity contribution is -0.665. The van der Waals surface area contributed by atoms with Crippen LogP contribution in [0.2, 0.25) is 0 Å². The number of ketones is 1. The molecule has 2 amide bonds. The molecule has 1 atom stereocenters. The van der Waals surface area contributed by atoms with Crippen molar-refractivity contribution in [3.63, 3.8) is 0 Å². The molecule has 0 saturated heterocycles. The lowest BCUT2D eigenvalue weighted by Gasteiger charge is -2.35. The summed E-state index contributed by atoms with van der Waals surface area (Å²) in [7, 11) is -4.34. The highest BCUT2D eigenvalue weighted by Gasteiger charge is 2.48. The molecule has 2 heterocycles. The van der Waals surface area contributed by atoms with Crippen LogP contribution in [0.4, 0.5) is 5.69 Å². The predicted molar refractivity (Wildman–Crippen MR) is 210 cm³/mol. The van der Waals surface area contributed by atoms with Crippen LogP contribution in [0.15, 0.2) is 93.9 Å². The third-order valence-electron chi connectivity index (χ3n) is 9.17. The molecule has 3 aromatic rings. The minimum atomic E-state index is -4.34. The predicted octanol–water partition coefficient (Wildman–Crippen LogP) is 6.60. The Morgan fingerprint density at radius 3 is 2.40 bits per heavy atom. The Hall–Kier alpha value is -4.04. The van der Waals surface area contributed by atoms with Gasteiger partial charge in [0, 0.05) is 43.1 Å². The van der Waals surface area contributed by atoms with Crippen molar-refractivity contribution in [2.75, 3.05) is 30.3 Å². The third-order valence-corrected chi connectivity index (χ3v) is 12.2. The van der Waals surface area contributed by atoms with Gasteiger partial charge in [-0.05, 0) is 81.9 Å². The first-order chi connectivity index (χ1) is 24.9. The van der Waals surface area contributed by atoms with Crippen molar-refractivity contribution in [1.82, 2.24) is 10.6 Å². The molecule has 0 radical (unpaired) electrons. The molecular weight excluding hydrogens is 717 g/mol. The molecule has 1 aliphatic heterocycles. The topological polar surface area (TPSA) is 137 Å². The monoisotopic (exact) mass is 763 g/mol. The van der Waals surface area contributed by atoms with Gasteiger partial charge in [-0.1, -0.05) is 72.0 Å². The number of Topliss-reactive ketones (excluding diaryl/α,β-unsaturated/α-hetero) is 1. The quantitative estimate of drug-likeness (QED) is 0.0643. The fourth-order valence-electron chi connectivity index (χ4n) is 6.61. The van der Waals surface area contributed by atoms with Gasteiger partial charge in [-0.25, -0.2) is 0 Å². The molecule has 0 spiro atoms. The fourth-order valence-corrected chi connectivity index (χ4v) is 9.23. The van der Waals surface area contributed by atoms with Gasteiger partial charge in [0.05, 0.1) is 16.5 Å². The summed E-state index contributed by atoms with van der Waals surface area (Å²) < 4.78 is 35.8. The number of fused-ring (bicyclic) bond motifs is 2. The number of para-hydroxylation sites is 2. The molecule has 10 nitrogen and oxygen atoms in total. The second-order valence-electron chi connectivity index (χ2n) is 13.0. The molecule has 1 unspecified atom stereocenters. The van der Waals surface area contributed by atoms with E-state index >= 15 is 0 Å². The maximum absolute atomic E-state index is 14.3. The summed E-state index contributed by atoms with van der Waals surface area (Å²) in [5, 5.41) is 7.68. The second kappa shape index (κ2) is 17.7. The number of benzene rings is 2. The number of allylic oxidation sites excluding steroid dienone is 6. The normalized spacial score (nSPS) is 19.0. The van der Waals surface area contributed by atoms with Gasteiger partial charge in [-0.15, -0.1) is 0 Å². The summed E-state index contributed by atoms with van der Waals surface area (Å²) in [6.07, 6.45) is 12.8. The van der Waals surface area contributed by atoms with E-state index in [2.05, 4.69) is 58.2 Å². The van der Waals surface area contributed by atoms with E-state index in [1.165, 1.54) is 0 Å². The molecule has 1 aromatic heterocycles. The Labute approximate surface area is 314 Å². The average molecular weight is 764 g/mol. The molecule has 0 bridgehead atoms. The van der Waals surface area contributed by atoms with Crippen LogP contribution in [-0.4, -0.2) is 56.0 Å². The zero-order valence-electron chi connectivity index (χ0n) is 29.9. The number of anilines is 1. The van der Waals surface area contributed by atoms with E-state index < -0.39 is 33.1 Å². The summed E-state index contributed by atoms with van der Waals surface area (Å²) >= 11 is 3.33. The molecular formula is C39H47N4O6S3+. The van der Waals surface area contributed by atoms with Crippen molar-refractivity contribution in [2.24, 2.45) is 5.41 Å². The number of amides is 2. The van der Waals surface area contributed by atoms with Gasteiger partial charge in [-0.3, -0.25) is 14.1 Å². The zero-order chi connectivity index (χ0) is 37.3. The van der Waals surface area contributed by atoms with Crippen molar-refractivity contribution in [3.8, 4) is 0 Å². The Balaban J connectivity index is 1.52. The van der Waals surface area contributed by atoms with Crippen LogP contribution >= 0.6 is 23.1 Å². The van der Waals surface area contributed by atoms with E-state index in [9.17, 15) is 27.4 Å². The molecule has 276 valence electrons. The average Bonchev–Trinajstić information content (AvgIpc) is 3.67. The number of carbonyl (C=O) groups is 3. The van der Waals surface area contributed by atoms with E-state index in [0.717, 1.165) is 67.9 Å². The number of aryl methyl sites for hydroxylation is 1. The van der Waals surface area contributed by atoms with Gasteiger partial charge < -0.3 is 20.3 Å². The van der Waals surface area contributed by atoms with Crippen LogP contribution < -0.4 is 20.1 Å². The number of unbranched alkanes of at least 4 members (excludes halogenated alkanes) is 2. The van der Waals surface area contributed by atoms with Crippen molar-refractivity contribution >= 4 is 72.8 Å². The molecule has 5 rings (SSSR count). The number of hydrogen-bond acceptors (Lipinski definition) is 8. The van der Waals surface area contributed by atoms with Crippen LogP contribution in [-0.2, 0) is 31.0 Å². The first-order valence-corrected chi connectivity index (χ1v) is 20.9. The summed E-state index contributed by atoms with van der Waals surface area (Å²) in [5.41, 5.74) is 2.21. The maximum atomic E-state index is 14.3. The summed E-state index contributed by atoms with van der Waals surface area (Å²) in [6.45, 7) is 7.27. The number of nitrogens with zero attached hydrogens (tertiary/aromatic N) is 2. The van der Waals surface area contributed by atoms with Crippen molar-refractivity contribution in [1.29, 1.82) is 0 Å². The summed E-state index contributed by atoms with van der Waals surface area (Å²) in [4.78, 5) is 43.2. The van der Waals surface area contributed by atoms with E-state index in [4.69, 9.17) is 0 Å². The molecule has 3 N–H and O–H groups in total. The molecule has 52 heavy (non-hydrogen) atoms. The van der Waals surface area contributed by atoms with Crippen LogP contribution in [0.25, 0.3) is 16.3 Å². The van der Waals surface area contributed by atoms with Crippen molar-refractivity contribution < 1.29 is 31.9 Å². The number of thiazole rings is 1. The molecule has 0 fully saturated rings. The number of thioether (sulfide) groups is 1. The molecule has 0 saturated carbocycles. The molecule has 13 heteroatoms. The van der Waals surface area contributed by atoms with Crippen LogP contribution in [0.3, 0.4) is 0 Å². The van der Waals surface area contributed by atoms with Gasteiger partial charge in [0.2, 0.25) is 17.3 Å². The third kappa shape index (κ3) is 9.68. The van der Waals surface area contributed by atoms with Crippen molar-refractivity contribution in [3.05, 3.63) is 94.0 Å². The van der Waals surface area contributed by atoms with E-state index in [1.54, 1.807) is 30.0 Å². The Bertz CT molecular complexity index is 2050. The largest absolute Gasteiger partial charge is 0.355 e. The van der Waals surface area contributed by atoms with Gasteiger partial charge in [0.15, 0.2) is 0 Å². The SMILES string of the molecule is CCN1C(=CC=C2C=C(C=Cc3sc4ccccc4[n+]3CC)CC(C(=O)NCCCCCC(C)=O)(C(=O)NCCS(=O)(=O)O)C2)Sc2ccccc21. The fraction of sp³-hybridized carbons (Fsp3) is 0.385. The lowest BCUT2D eigenvalue weighted by Crippen LogP contribution is -2.53. The van der Waals surface area contributed by atoms with Gasteiger partial charge in [0.1, 0.15) is 22.4 Å². The molecule has 2 aliphatic rings. The summed E-state index contributed by atoms with van der Waals surface area (Å²) in [6, 6.07) is 16.4. The highest BCUT2D eigenvalue weighted by atomic mass is 32.2. The number of hydrogen-bond donors (Lipinski definition) is 3. The number of nitrogens with one attached hydrogen (secondary N) is 2. The lowest BCUT2D eigenvalue weighted by atomic mass is 9.70. The smallest absolute Gasteiger partial charge is 0.266 e. The van der Waals surface area contributed by atoms with E-state index in [0.29, 0.717) is 19.4 Å². The zero-order valence-corrected chi connectivity index (χ0v) is 32.3. The van der Waals surface area contributed by atoms with Crippen LogP contribution in [0.5, 0.6) is 0 Å². The Morgan fingerprint density at radius 2 is 1.67 bits per heavy atom. The Morgan fingerprint density at radius 1 is 0.942 bits per heavy atom. The standard InChI is InChI=1S/C39H46N4O6S3/c1-4-42-31-14-8-10-16-33(31)50-35(42)20-18-29-25-30(19-21-36-43(5-2)32-15-9-11-17-34(32)51-36)27-39(26-29,38(46)41-23-24-52(47,48)49)37(45)40-22-12-6-7-13-28(3)44/h8-11,14-21,25H,4-7,12-13,22-24,26-27H2,1-3H3,(H2-,40,41,45,46,47,48,49)/p+1. The minimum absolute atomic E-state index is 0.0869. The van der Waals surface area contributed by atoms with E-state index in [1.807, 2.05) is 54.6 Å². The number of rotatable bonds is 16. The van der Waals surface area contributed by atoms with E-state index in [-0.39, 0.29) is 25.2 Å². The van der Waals surface area contributed by atoms with Gasteiger partial charge >= 0.3 is 0 Å². The Kier molecular flexibility index (Phi) is 13.3. The number of carbonyl (C=O) groups excluding carboxylic acids is 3. The second-order valence-corrected chi connectivity index (χ2v) is 16.7. The van der Waals surface area contributed by atoms with Crippen LogP contribution in [0, 0.1) is 5.41 Å². The van der Waals surface area contributed by atoms with Gasteiger partial charge in [0.25, 0.3) is 15.1 Å². The van der Waals surface area contributed by atoms with Crippen molar-refractivity contribution in [2.45, 2.75) is 70.7 Å². The highest BCUT2D eigenvalue weighted by molar-refractivity contribution is 8.03. The first kappa shape index (κ1) is 39.2. The minimum Gasteiger partial charge on any atom is -0.355 e. The summed E-state index contributed by atoms with van der Waals surface area (Å²) in [5.74, 6) is -1.61. The molecule has 1 aliphatic carbocycles.